The van der Waals surface area contributed by atoms with Gasteiger partial charge in [0, 0.05) is 6.04 Å². The van der Waals surface area contributed by atoms with Crippen molar-refractivity contribution in [1.82, 2.24) is 14.9 Å². The molecule has 0 spiro atoms. The molecule has 0 fully saturated rings. The van der Waals surface area contributed by atoms with Gasteiger partial charge in [-0.2, -0.15) is 0 Å². The summed E-state index contributed by atoms with van der Waals surface area (Å²) in [5.74, 6) is 0.616. The summed E-state index contributed by atoms with van der Waals surface area (Å²) in [7, 11) is 1.98. The van der Waals surface area contributed by atoms with Gasteiger partial charge in [0.2, 0.25) is 0 Å². The number of imidazole rings is 1. The Balaban J connectivity index is 3.06. The number of nitrogens with zero attached hydrogens (tertiary/aromatic N) is 2. The van der Waals surface area contributed by atoms with E-state index < -0.39 is 0 Å². The molecule has 0 radical (unpaired) electrons. The highest BCUT2D eigenvalue weighted by atomic mass is 15.1. The van der Waals surface area contributed by atoms with Gasteiger partial charge in [0.1, 0.15) is 0 Å². The molecule has 15 heavy (non-hydrogen) atoms. The van der Waals surface area contributed by atoms with E-state index in [1.807, 2.05) is 19.6 Å². The minimum atomic E-state index is -0.0281. The van der Waals surface area contributed by atoms with Crippen molar-refractivity contribution in [3.8, 4) is 0 Å². The van der Waals surface area contributed by atoms with E-state index in [2.05, 4.69) is 49.5 Å². The molecule has 1 atom stereocenters. The molecule has 0 saturated heterocycles. The first-order chi connectivity index (χ1) is 6.90. The third-order valence-electron chi connectivity index (χ3n) is 3.33. The van der Waals surface area contributed by atoms with Gasteiger partial charge >= 0.3 is 0 Å². The van der Waals surface area contributed by atoms with E-state index in [1.54, 1.807) is 0 Å². The van der Waals surface area contributed by atoms with Crippen molar-refractivity contribution in [2.75, 3.05) is 7.05 Å². The van der Waals surface area contributed by atoms with Gasteiger partial charge in [-0.25, -0.2) is 4.98 Å². The molecule has 1 aromatic rings. The van der Waals surface area contributed by atoms with E-state index in [9.17, 15) is 0 Å². The first kappa shape index (κ1) is 12.2. The quantitative estimate of drug-likeness (QED) is 0.826. The molecule has 1 aromatic heterocycles. The third-order valence-corrected chi connectivity index (χ3v) is 3.33. The minimum Gasteiger partial charge on any atom is -0.330 e. The average Bonchev–Trinajstić information content (AvgIpc) is 2.65. The van der Waals surface area contributed by atoms with Crippen LogP contribution in [0.25, 0.3) is 0 Å². The molecule has 86 valence electrons. The lowest BCUT2D eigenvalue weighted by atomic mass is 9.99. The van der Waals surface area contributed by atoms with Gasteiger partial charge in [0.05, 0.1) is 23.8 Å². The SMILES string of the molecule is CNC(C)(C)c1cncn1C(C)C(C)C. The molecule has 0 saturated carbocycles. The van der Waals surface area contributed by atoms with Crippen molar-refractivity contribution in [2.45, 2.75) is 46.2 Å². The van der Waals surface area contributed by atoms with Crippen molar-refractivity contribution in [3.63, 3.8) is 0 Å². The molecular formula is C12H23N3. The van der Waals surface area contributed by atoms with Gasteiger partial charge in [-0.3, -0.25) is 0 Å². The standard InChI is InChI=1S/C12H23N3/c1-9(2)10(3)15-8-14-7-11(15)12(4,5)13-6/h7-10,13H,1-6H3. The van der Waals surface area contributed by atoms with Crippen LogP contribution < -0.4 is 5.32 Å². The zero-order valence-corrected chi connectivity index (χ0v) is 10.7. The molecule has 0 amide bonds. The predicted octanol–water partition coefficient (Wildman–Crippen LogP) is 2.55. The molecule has 1 rings (SSSR count). The lowest BCUT2D eigenvalue weighted by molar-refractivity contribution is 0.347. The Hall–Kier alpha value is -0.830. The first-order valence-electron chi connectivity index (χ1n) is 5.61. The van der Waals surface area contributed by atoms with Crippen molar-refractivity contribution in [1.29, 1.82) is 0 Å². The largest absolute Gasteiger partial charge is 0.330 e. The average molecular weight is 209 g/mol. The molecule has 3 nitrogen and oxygen atoms in total. The Morgan fingerprint density at radius 1 is 1.33 bits per heavy atom. The van der Waals surface area contributed by atoms with Crippen LogP contribution in [0.2, 0.25) is 0 Å². The van der Waals surface area contributed by atoms with Gasteiger partial charge in [-0.15, -0.1) is 0 Å². The van der Waals surface area contributed by atoms with Crippen molar-refractivity contribution < 1.29 is 0 Å². The Kier molecular flexibility index (Phi) is 3.55. The number of aromatic nitrogens is 2. The van der Waals surface area contributed by atoms with Crippen LogP contribution in [0.1, 0.15) is 46.4 Å². The zero-order chi connectivity index (χ0) is 11.6. The molecule has 1 unspecified atom stereocenters. The summed E-state index contributed by atoms with van der Waals surface area (Å²) in [5, 5.41) is 3.32. The highest BCUT2D eigenvalue weighted by molar-refractivity contribution is 5.12. The second kappa shape index (κ2) is 4.35. The second-order valence-electron chi connectivity index (χ2n) is 5.05. The number of hydrogen-bond donors (Lipinski definition) is 1. The Morgan fingerprint density at radius 3 is 2.40 bits per heavy atom. The number of hydrogen-bond acceptors (Lipinski definition) is 2. The van der Waals surface area contributed by atoms with Crippen LogP contribution >= 0.6 is 0 Å². The van der Waals surface area contributed by atoms with Crippen molar-refractivity contribution >= 4 is 0 Å². The van der Waals surface area contributed by atoms with E-state index in [1.165, 1.54) is 5.69 Å². The molecule has 3 heteroatoms. The lowest BCUT2D eigenvalue weighted by Crippen LogP contribution is -2.36. The molecule has 1 heterocycles. The Bertz CT molecular complexity index is 312. The highest BCUT2D eigenvalue weighted by Crippen LogP contribution is 2.25. The molecule has 0 bridgehead atoms. The molecular weight excluding hydrogens is 186 g/mol. The van der Waals surface area contributed by atoms with Crippen LogP contribution in [0.15, 0.2) is 12.5 Å². The monoisotopic (exact) mass is 209 g/mol. The fourth-order valence-electron chi connectivity index (χ4n) is 1.56. The lowest BCUT2D eigenvalue weighted by Gasteiger charge is -2.29. The normalized spacial score (nSPS) is 14.6. The van der Waals surface area contributed by atoms with Gasteiger partial charge in [-0.1, -0.05) is 13.8 Å². The van der Waals surface area contributed by atoms with E-state index in [4.69, 9.17) is 0 Å². The van der Waals surface area contributed by atoms with Gasteiger partial charge in [-0.05, 0) is 33.7 Å². The van der Waals surface area contributed by atoms with Crippen LogP contribution in [0.4, 0.5) is 0 Å². The van der Waals surface area contributed by atoms with E-state index in [-0.39, 0.29) is 5.54 Å². The topological polar surface area (TPSA) is 29.9 Å². The van der Waals surface area contributed by atoms with Crippen molar-refractivity contribution in [2.24, 2.45) is 5.92 Å². The van der Waals surface area contributed by atoms with Crippen LogP contribution in [0.3, 0.4) is 0 Å². The van der Waals surface area contributed by atoms with Gasteiger partial charge < -0.3 is 9.88 Å². The summed E-state index contributed by atoms with van der Waals surface area (Å²) in [5.41, 5.74) is 1.21. The number of rotatable bonds is 4. The third kappa shape index (κ3) is 2.40. The summed E-state index contributed by atoms with van der Waals surface area (Å²) in [6.45, 7) is 11.1. The molecule has 0 aliphatic heterocycles. The first-order valence-corrected chi connectivity index (χ1v) is 5.61. The predicted molar refractivity (Wildman–Crippen MR) is 63.9 cm³/mol. The van der Waals surface area contributed by atoms with Crippen LogP contribution in [0.5, 0.6) is 0 Å². The van der Waals surface area contributed by atoms with E-state index >= 15 is 0 Å². The van der Waals surface area contributed by atoms with Gasteiger partial charge in [0.15, 0.2) is 0 Å². The number of nitrogens with one attached hydrogen (secondary N) is 1. The fraction of sp³-hybridized carbons (Fsp3) is 0.750. The summed E-state index contributed by atoms with van der Waals surface area (Å²) in [4.78, 5) is 4.26. The fourth-order valence-corrected chi connectivity index (χ4v) is 1.56. The van der Waals surface area contributed by atoms with E-state index in [0.29, 0.717) is 12.0 Å². The molecule has 0 aliphatic carbocycles. The van der Waals surface area contributed by atoms with Gasteiger partial charge in [0.25, 0.3) is 0 Å². The summed E-state index contributed by atoms with van der Waals surface area (Å²) < 4.78 is 2.27. The maximum atomic E-state index is 4.26. The Morgan fingerprint density at radius 2 is 1.93 bits per heavy atom. The smallest absolute Gasteiger partial charge is 0.0951 e. The summed E-state index contributed by atoms with van der Waals surface area (Å²) in [6.07, 6.45) is 3.88. The summed E-state index contributed by atoms with van der Waals surface area (Å²) >= 11 is 0. The van der Waals surface area contributed by atoms with Crippen LogP contribution in [-0.2, 0) is 5.54 Å². The maximum Gasteiger partial charge on any atom is 0.0951 e. The second-order valence-corrected chi connectivity index (χ2v) is 5.05. The Labute approximate surface area is 92.9 Å². The molecule has 0 aromatic carbocycles. The zero-order valence-electron chi connectivity index (χ0n) is 10.7. The molecule has 1 N–H and O–H groups in total. The van der Waals surface area contributed by atoms with Crippen molar-refractivity contribution in [3.05, 3.63) is 18.2 Å². The van der Waals surface area contributed by atoms with Crippen LogP contribution in [0, 0.1) is 5.92 Å². The van der Waals surface area contributed by atoms with E-state index in [0.717, 1.165) is 0 Å². The summed E-state index contributed by atoms with van der Waals surface area (Å²) in [6, 6.07) is 0.482. The molecule has 0 aliphatic rings. The maximum absolute atomic E-state index is 4.26. The highest BCUT2D eigenvalue weighted by Gasteiger charge is 2.24. The van der Waals surface area contributed by atoms with Crippen LogP contribution in [-0.4, -0.2) is 16.6 Å². The minimum absolute atomic E-state index is 0.0281.